The molecule has 2 heterocycles. The quantitative estimate of drug-likeness (QED) is 0.852. The van der Waals surface area contributed by atoms with Gasteiger partial charge in [-0.05, 0) is 37.8 Å². The smallest absolute Gasteiger partial charge is 0.228 e. The zero-order valence-corrected chi connectivity index (χ0v) is 14.7. The van der Waals surface area contributed by atoms with Crippen LogP contribution in [0.5, 0.6) is 0 Å². The lowest BCUT2D eigenvalue weighted by Crippen LogP contribution is -2.56. The van der Waals surface area contributed by atoms with Gasteiger partial charge in [0, 0.05) is 4.88 Å². The number of morpholine rings is 1. The summed E-state index contributed by atoms with van der Waals surface area (Å²) in [5, 5.41) is 2.02. The number of amides is 1. The maximum atomic E-state index is 12.8. The zero-order valence-electron chi connectivity index (χ0n) is 13.9. The molecule has 0 bridgehead atoms. The van der Waals surface area contributed by atoms with Crippen LogP contribution in [0.25, 0.3) is 0 Å². The molecule has 1 fully saturated rings. The maximum Gasteiger partial charge on any atom is 0.228 e. The van der Waals surface area contributed by atoms with Crippen LogP contribution < -0.4 is 0 Å². The fraction of sp³-hybridized carbons (Fsp3) is 0.421. The van der Waals surface area contributed by atoms with Gasteiger partial charge in [0.05, 0.1) is 25.1 Å². The predicted octanol–water partition coefficient (Wildman–Crippen LogP) is 3.98. The molecule has 1 aliphatic heterocycles. The highest BCUT2D eigenvalue weighted by molar-refractivity contribution is 7.10. The maximum absolute atomic E-state index is 12.8. The molecule has 0 saturated carbocycles. The molecular weight excluding hydrogens is 306 g/mol. The number of thiophene rings is 1. The van der Waals surface area contributed by atoms with E-state index in [9.17, 15) is 4.79 Å². The van der Waals surface area contributed by atoms with Crippen LogP contribution in [0.2, 0.25) is 0 Å². The SMILES string of the molecule is Cc1ccc(C2CN(C(=O)Cc3cccs3)C(C)(C)CO2)cc1. The fourth-order valence-corrected chi connectivity index (χ4v) is 3.62. The van der Waals surface area contributed by atoms with Crippen LogP contribution in [0.4, 0.5) is 0 Å². The van der Waals surface area contributed by atoms with Gasteiger partial charge < -0.3 is 9.64 Å². The van der Waals surface area contributed by atoms with Crippen molar-refractivity contribution >= 4 is 17.2 Å². The van der Waals surface area contributed by atoms with Gasteiger partial charge in [0.1, 0.15) is 6.10 Å². The van der Waals surface area contributed by atoms with E-state index in [1.165, 1.54) is 5.56 Å². The van der Waals surface area contributed by atoms with Gasteiger partial charge in [-0.25, -0.2) is 0 Å². The molecule has 1 amide bonds. The van der Waals surface area contributed by atoms with Crippen LogP contribution >= 0.6 is 11.3 Å². The van der Waals surface area contributed by atoms with Crippen LogP contribution in [0.3, 0.4) is 0 Å². The first-order valence-corrected chi connectivity index (χ1v) is 8.85. The highest BCUT2D eigenvalue weighted by atomic mass is 32.1. The normalized spacial score (nSPS) is 20.5. The van der Waals surface area contributed by atoms with Gasteiger partial charge in [0.2, 0.25) is 5.91 Å². The van der Waals surface area contributed by atoms with Crippen molar-refractivity contribution in [3.8, 4) is 0 Å². The number of nitrogens with zero attached hydrogens (tertiary/aromatic N) is 1. The molecule has 1 unspecified atom stereocenters. The number of ether oxygens (including phenoxy) is 1. The van der Waals surface area contributed by atoms with E-state index in [0.717, 1.165) is 10.4 Å². The highest BCUT2D eigenvalue weighted by Gasteiger charge is 2.38. The van der Waals surface area contributed by atoms with Crippen molar-refractivity contribution in [3.05, 3.63) is 57.8 Å². The van der Waals surface area contributed by atoms with Gasteiger partial charge in [-0.3, -0.25) is 4.79 Å². The third kappa shape index (κ3) is 3.65. The molecule has 1 aromatic heterocycles. The van der Waals surface area contributed by atoms with E-state index < -0.39 is 0 Å². The Bertz CT molecular complexity index is 661. The third-order valence-electron chi connectivity index (χ3n) is 4.37. The Hall–Kier alpha value is -1.65. The minimum atomic E-state index is -0.268. The first kappa shape index (κ1) is 16.2. The number of hydrogen-bond donors (Lipinski definition) is 0. The number of carbonyl (C=O) groups is 1. The van der Waals surface area contributed by atoms with E-state index in [0.29, 0.717) is 19.6 Å². The molecule has 0 spiro atoms. The van der Waals surface area contributed by atoms with Crippen molar-refractivity contribution in [2.45, 2.75) is 38.8 Å². The molecule has 3 nitrogen and oxygen atoms in total. The fourth-order valence-electron chi connectivity index (χ4n) is 2.93. The van der Waals surface area contributed by atoms with E-state index in [1.807, 2.05) is 22.4 Å². The predicted molar refractivity (Wildman–Crippen MR) is 93.7 cm³/mol. The summed E-state index contributed by atoms with van der Waals surface area (Å²) < 4.78 is 6.04. The first-order chi connectivity index (χ1) is 11.0. The average molecular weight is 329 g/mol. The van der Waals surface area contributed by atoms with Crippen LogP contribution in [0.1, 0.15) is 36.0 Å². The summed E-state index contributed by atoms with van der Waals surface area (Å²) in [4.78, 5) is 15.9. The van der Waals surface area contributed by atoms with Crippen molar-refractivity contribution in [2.75, 3.05) is 13.2 Å². The van der Waals surface area contributed by atoms with Crippen molar-refractivity contribution in [3.63, 3.8) is 0 Å². The molecule has 23 heavy (non-hydrogen) atoms. The van der Waals surface area contributed by atoms with Crippen LogP contribution in [0.15, 0.2) is 41.8 Å². The molecule has 1 atom stereocenters. The van der Waals surface area contributed by atoms with Crippen LogP contribution in [-0.2, 0) is 16.0 Å². The van der Waals surface area contributed by atoms with Gasteiger partial charge in [0.15, 0.2) is 0 Å². The number of hydrogen-bond acceptors (Lipinski definition) is 3. The van der Waals surface area contributed by atoms with Crippen molar-refractivity contribution in [1.29, 1.82) is 0 Å². The summed E-state index contributed by atoms with van der Waals surface area (Å²) in [5.41, 5.74) is 2.10. The second-order valence-electron chi connectivity index (χ2n) is 6.78. The number of carbonyl (C=O) groups excluding carboxylic acids is 1. The topological polar surface area (TPSA) is 29.5 Å². The lowest BCUT2D eigenvalue weighted by Gasteiger charge is -2.45. The van der Waals surface area contributed by atoms with Crippen LogP contribution in [-0.4, -0.2) is 29.5 Å². The molecular formula is C19H23NO2S. The van der Waals surface area contributed by atoms with Gasteiger partial charge in [-0.15, -0.1) is 11.3 Å². The molecule has 2 aromatic rings. The van der Waals surface area contributed by atoms with Gasteiger partial charge >= 0.3 is 0 Å². The molecule has 4 heteroatoms. The summed E-state index contributed by atoms with van der Waals surface area (Å²) in [6, 6.07) is 12.4. The molecule has 3 rings (SSSR count). The summed E-state index contributed by atoms with van der Waals surface area (Å²) in [7, 11) is 0. The Labute approximate surface area is 141 Å². The standard InChI is InChI=1S/C19H23NO2S/c1-14-6-8-15(9-7-14)17-12-20(19(2,3)13-22-17)18(21)11-16-5-4-10-23-16/h4-10,17H,11-13H2,1-3H3. The number of rotatable bonds is 3. The van der Waals surface area contributed by atoms with Gasteiger partial charge in [-0.2, -0.15) is 0 Å². The summed E-state index contributed by atoms with van der Waals surface area (Å²) in [5.74, 6) is 0.179. The average Bonchev–Trinajstić information content (AvgIpc) is 3.01. The Kier molecular flexibility index (Phi) is 4.55. The summed E-state index contributed by atoms with van der Waals surface area (Å²) >= 11 is 1.64. The molecule has 0 radical (unpaired) electrons. The van der Waals surface area contributed by atoms with Gasteiger partial charge in [0.25, 0.3) is 0 Å². The third-order valence-corrected chi connectivity index (χ3v) is 5.25. The number of benzene rings is 1. The zero-order chi connectivity index (χ0) is 16.4. The summed E-state index contributed by atoms with van der Waals surface area (Å²) in [6.45, 7) is 7.39. The molecule has 0 aliphatic carbocycles. The van der Waals surface area contributed by atoms with E-state index in [-0.39, 0.29) is 17.6 Å². The van der Waals surface area contributed by atoms with E-state index in [1.54, 1.807) is 11.3 Å². The van der Waals surface area contributed by atoms with Crippen molar-refractivity contribution < 1.29 is 9.53 Å². The Morgan fingerprint density at radius 1 is 1.30 bits per heavy atom. The minimum absolute atomic E-state index is 0.0455. The largest absolute Gasteiger partial charge is 0.369 e. The molecule has 1 saturated heterocycles. The van der Waals surface area contributed by atoms with Crippen molar-refractivity contribution in [1.82, 2.24) is 4.90 Å². The minimum Gasteiger partial charge on any atom is -0.369 e. The Morgan fingerprint density at radius 2 is 2.04 bits per heavy atom. The Balaban J connectivity index is 1.76. The monoisotopic (exact) mass is 329 g/mol. The molecule has 0 N–H and O–H groups in total. The van der Waals surface area contributed by atoms with E-state index in [4.69, 9.17) is 4.74 Å². The second-order valence-corrected chi connectivity index (χ2v) is 7.82. The summed E-state index contributed by atoms with van der Waals surface area (Å²) in [6.07, 6.45) is 0.428. The van der Waals surface area contributed by atoms with Crippen LogP contribution in [0, 0.1) is 6.92 Å². The van der Waals surface area contributed by atoms with Gasteiger partial charge in [-0.1, -0.05) is 35.9 Å². The molecule has 1 aliphatic rings. The lowest BCUT2D eigenvalue weighted by atomic mass is 9.97. The second kappa shape index (κ2) is 6.46. The highest BCUT2D eigenvalue weighted by Crippen LogP contribution is 2.31. The van der Waals surface area contributed by atoms with Crippen molar-refractivity contribution in [2.24, 2.45) is 0 Å². The molecule has 1 aromatic carbocycles. The molecule has 122 valence electrons. The number of aryl methyl sites for hydroxylation is 1. The first-order valence-electron chi connectivity index (χ1n) is 7.97. The lowest BCUT2D eigenvalue weighted by molar-refractivity contribution is -0.154. The van der Waals surface area contributed by atoms with E-state index >= 15 is 0 Å². The van der Waals surface area contributed by atoms with E-state index in [2.05, 4.69) is 45.0 Å². The Morgan fingerprint density at radius 3 is 2.70 bits per heavy atom.